The van der Waals surface area contributed by atoms with Gasteiger partial charge in [0.05, 0.1) is 6.42 Å². The van der Waals surface area contributed by atoms with Crippen molar-refractivity contribution in [1.29, 1.82) is 0 Å². The minimum atomic E-state index is -2.46. The van der Waals surface area contributed by atoms with E-state index < -0.39 is 24.2 Å². The monoisotopic (exact) mass is 182 g/mol. The fraction of sp³-hybridized carbons (Fsp3) is 0.500. The Hall–Kier alpha value is -1.04. The molecule has 6 heteroatoms. The van der Waals surface area contributed by atoms with Crippen LogP contribution in [0.25, 0.3) is 0 Å². The van der Waals surface area contributed by atoms with Crippen molar-refractivity contribution >= 4 is 5.91 Å². The van der Waals surface area contributed by atoms with Crippen molar-refractivity contribution in [3.05, 3.63) is 11.9 Å². The molecule has 0 rings (SSSR count). The van der Waals surface area contributed by atoms with Gasteiger partial charge in [-0.15, -0.1) is 0 Å². The molecule has 0 heterocycles. The number of hydrogen-bond donors (Lipinski definition) is 2. The maximum absolute atomic E-state index is 12.0. The van der Waals surface area contributed by atoms with E-state index in [1.807, 2.05) is 0 Å². The molecule has 1 amide bonds. The van der Waals surface area contributed by atoms with Crippen molar-refractivity contribution < 1.29 is 18.0 Å². The molecule has 12 heavy (non-hydrogen) atoms. The molecular weight excluding hydrogens is 173 g/mol. The van der Waals surface area contributed by atoms with Gasteiger partial charge in [-0.3, -0.25) is 4.79 Å². The summed E-state index contributed by atoms with van der Waals surface area (Å²) in [6.45, 7) is 0.342. The smallest absolute Gasteiger partial charge is 0.302 e. The molecule has 0 aromatic heterocycles. The van der Waals surface area contributed by atoms with Gasteiger partial charge in [0.25, 0.3) is 0 Å². The van der Waals surface area contributed by atoms with Gasteiger partial charge < -0.3 is 11.1 Å². The van der Waals surface area contributed by atoms with Crippen LogP contribution in [-0.4, -0.2) is 19.0 Å². The van der Waals surface area contributed by atoms with Crippen LogP contribution in [-0.2, 0) is 4.79 Å². The summed E-state index contributed by atoms with van der Waals surface area (Å²) in [5.41, 5.74) is 5.00. The fourth-order valence-electron chi connectivity index (χ4n) is 0.482. The number of halogens is 3. The second-order valence-electron chi connectivity index (χ2n) is 1.98. The van der Waals surface area contributed by atoms with Gasteiger partial charge in [-0.1, -0.05) is 0 Å². The number of nitrogens with two attached hydrogens (primary N) is 1. The van der Waals surface area contributed by atoms with Crippen LogP contribution in [0.3, 0.4) is 0 Å². The zero-order chi connectivity index (χ0) is 9.56. The average Bonchev–Trinajstić information content (AvgIpc) is 2.00. The van der Waals surface area contributed by atoms with Crippen molar-refractivity contribution in [3.63, 3.8) is 0 Å². The summed E-state index contributed by atoms with van der Waals surface area (Å²) >= 11 is 0. The van der Waals surface area contributed by atoms with E-state index in [1.54, 1.807) is 0 Å². The second-order valence-corrected chi connectivity index (χ2v) is 1.98. The van der Waals surface area contributed by atoms with E-state index in [0.717, 1.165) is 0 Å². The summed E-state index contributed by atoms with van der Waals surface area (Å²) in [6.07, 6.45) is -3.39. The Labute approximate surface area is 67.4 Å². The predicted molar refractivity (Wildman–Crippen MR) is 37.0 cm³/mol. The SMILES string of the molecule is NCCNC(=O)CC(F)=C(F)F. The van der Waals surface area contributed by atoms with Gasteiger partial charge in [0, 0.05) is 13.1 Å². The molecule has 0 spiro atoms. The fourth-order valence-corrected chi connectivity index (χ4v) is 0.482. The third-order valence-electron chi connectivity index (χ3n) is 0.987. The van der Waals surface area contributed by atoms with Crippen molar-refractivity contribution in [2.75, 3.05) is 13.1 Å². The molecule has 70 valence electrons. The molecule has 0 radical (unpaired) electrons. The molecule has 3 N–H and O–H groups in total. The van der Waals surface area contributed by atoms with Crippen LogP contribution in [0, 0.1) is 0 Å². The summed E-state index contributed by atoms with van der Waals surface area (Å²) in [4.78, 5) is 10.5. The lowest BCUT2D eigenvalue weighted by Crippen LogP contribution is -2.28. The highest BCUT2D eigenvalue weighted by Gasteiger charge is 2.09. The molecule has 0 aromatic carbocycles. The average molecular weight is 182 g/mol. The standard InChI is InChI=1S/C6H9F3N2O/c7-4(6(8)9)3-5(12)11-2-1-10/h1-3,10H2,(H,11,12). The van der Waals surface area contributed by atoms with Gasteiger partial charge in [0.2, 0.25) is 5.91 Å². The van der Waals surface area contributed by atoms with E-state index in [4.69, 9.17) is 5.73 Å². The number of amides is 1. The van der Waals surface area contributed by atoms with Gasteiger partial charge >= 0.3 is 6.08 Å². The van der Waals surface area contributed by atoms with Crippen LogP contribution in [0.2, 0.25) is 0 Å². The van der Waals surface area contributed by atoms with Crippen LogP contribution in [0.4, 0.5) is 13.2 Å². The Morgan fingerprint density at radius 3 is 2.33 bits per heavy atom. The minimum Gasteiger partial charge on any atom is -0.354 e. The van der Waals surface area contributed by atoms with E-state index in [-0.39, 0.29) is 13.1 Å². The number of nitrogens with one attached hydrogen (secondary N) is 1. The van der Waals surface area contributed by atoms with Crippen molar-refractivity contribution in [3.8, 4) is 0 Å². The first-order chi connectivity index (χ1) is 5.57. The predicted octanol–water partition coefficient (Wildman–Crippen LogP) is 0.529. The summed E-state index contributed by atoms with van der Waals surface area (Å²) in [5.74, 6) is -2.50. The molecule has 0 aliphatic heterocycles. The largest absolute Gasteiger partial charge is 0.354 e. The Morgan fingerprint density at radius 1 is 1.33 bits per heavy atom. The molecule has 0 aliphatic carbocycles. The lowest BCUT2D eigenvalue weighted by atomic mass is 10.3. The van der Waals surface area contributed by atoms with Crippen molar-refractivity contribution in [2.24, 2.45) is 5.73 Å². The number of carbonyl (C=O) groups excluding carboxylic acids is 1. The Kier molecular flexibility index (Phi) is 5.11. The molecule has 3 nitrogen and oxygen atoms in total. The summed E-state index contributed by atoms with van der Waals surface area (Å²) < 4.78 is 34.9. The number of carbonyl (C=O) groups is 1. The summed E-state index contributed by atoms with van der Waals surface area (Å²) in [5, 5.41) is 2.15. The zero-order valence-corrected chi connectivity index (χ0v) is 6.24. The molecule has 0 unspecified atom stereocenters. The van der Waals surface area contributed by atoms with Gasteiger partial charge in [-0.2, -0.15) is 8.78 Å². The number of rotatable bonds is 4. The molecule has 0 bridgehead atoms. The zero-order valence-electron chi connectivity index (χ0n) is 6.24. The van der Waals surface area contributed by atoms with Crippen LogP contribution in [0.5, 0.6) is 0 Å². The van der Waals surface area contributed by atoms with E-state index in [2.05, 4.69) is 5.32 Å². The van der Waals surface area contributed by atoms with Crippen LogP contribution in [0.15, 0.2) is 11.9 Å². The van der Waals surface area contributed by atoms with Gasteiger partial charge in [0.1, 0.15) is 0 Å². The molecule has 0 saturated heterocycles. The molecule has 0 aromatic rings. The normalized spacial score (nSPS) is 9.33. The van der Waals surface area contributed by atoms with E-state index in [0.29, 0.717) is 0 Å². The lowest BCUT2D eigenvalue weighted by Gasteiger charge is -2.00. The quantitative estimate of drug-likeness (QED) is 0.666. The van der Waals surface area contributed by atoms with E-state index >= 15 is 0 Å². The number of hydrogen-bond acceptors (Lipinski definition) is 2. The molecule has 0 aliphatic rings. The topological polar surface area (TPSA) is 55.1 Å². The van der Waals surface area contributed by atoms with Crippen LogP contribution >= 0.6 is 0 Å². The first-order valence-electron chi connectivity index (χ1n) is 3.24. The highest BCUT2D eigenvalue weighted by Crippen LogP contribution is 2.12. The third kappa shape index (κ3) is 4.73. The first-order valence-corrected chi connectivity index (χ1v) is 3.24. The third-order valence-corrected chi connectivity index (χ3v) is 0.987. The Morgan fingerprint density at radius 2 is 1.92 bits per heavy atom. The van der Waals surface area contributed by atoms with Crippen LogP contribution in [0.1, 0.15) is 6.42 Å². The Balaban J connectivity index is 3.78. The summed E-state index contributed by atoms with van der Waals surface area (Å²) in [7, 11) is 0. The molecule has 0 fully saturated rings. The molecule has 0 saturated carbocycles. The van der Waals surface area contributed by atoms with Gasteiger partial charge in [-0.05, 0) is 0 Å². The lowest BCUT2D eigenvalue weighted by molar-refractivity contribution is -0.120. The van der Waals surface area contributed by atoms with Crippen molar-refractivity contribution in [2.45, 2.75) is 6.42 Å². The van der Waals surface area contributed by atoms with Gasteiger partial charge in [-0.25, -0.2) is 4.39 Å². The van der Waals surface area contributed by atoms with E-state index in [9.17, 15) is 18.0 Å². The second kappa shape index (κ2) is 5.59. The van der Waals surface area contributed by atoms with Crippen molar-refractivity contribution in [1.82, 2.24) is 5.32 Å². The first kappa shape index (κ1) is 11.0. The van der Waals surface area contributed by atoms with E-state index in [1.165, 1.54) is 0 Å². The maximum atomic E-state index is 12.0. The van der Waals surface area contributed by atoms with Crippen LogP contribution < -0.4 is 11.1 Å². The highest BCUT2D eigenvalue weighted by atomic mass is 19.3. The summed E-state index contributed by atoms with van der Waals surface area (Å²) in [6, 6.07) is 0. The Bertz CT molecular complexity index is 189. The molecule has 0 atom stereocenters. The molecular formula is C6H9F3N2O. The van der Waals surface area contributed by atoms with Gasteiger partial charge in [0.15, 0.2) is 5.83 Å². The minimum absolute atomic E-state index is 0.153. The maximum Gasteiger partial charge on any atom is 0.302 e. The highest BCUT2D eigenvalue weighted by molar-refractivity contribution is 5.78.